The number of benzene rings is 1. The van der Waals surface area contributed by atoms with Gasteiger partial charge in [-0.2, -0.15) is 0 Å². The van der Waals surface area contributed by atoms with Crippen molar-refractivity contribution in [3.05, 3.63) is 51.4 Å². The van der Waals surface area contributed by atoms with Gasteiger partial charge in [-0.25, -0.2) is 13.6 Å². The van der Waals surface area contributed by atoms with E-state index in [4.69, 9.17) is 13.9 Å². The van der Waals surface area contributed by atoms with Crippen LogP contribution in [0.2, 0.25) is 0 Å². The molecule has 8 heteroatoms. The van der Waals surface area contributed by atoms with Crippen LogP contribution in [0.5, 0.6) is 11.5 Å². The molecule has 31 heavy (non-hydrogen) atoms. The number of carbonyl (C=O) groups excluding carboxylic acids is 1. The lowest BCUT2D eigenvalue weighted by atomic mass is 9.89. The van der Waals surface area contributed by atoms with Crippen LogP contribution in [0.3, 0.4) is 0 Å². The van der Waals surface area contributed by atoms with Gasteiger partial charge in [-0.1, -0.05) is 6.08 Å². The van der Waals surface area contributed by atoms with Crippen molar-refractivity contribution in [3.8, 4) is 11.5 Å². The van der Waals surface area contributed by atoms with E-state index in [0.29, 0.717) is 5.56 Å². The van der Waals surface area contributed by atoms with E-state index >= 15 is 0 Å². The van der Waals surface area contributed by atoms with Crippen molar-refractivity contribution >= 4 is 22.8 Å². The summed E-state index contributed by atoms with van der Waals surface area (Å²) in [5, 5.41) is 0.220. The molecular weight excluding hydrogens is 413 g/mol. The molecule has 2 aliphatic rings. The third-order valence-electron chi connectivity index (χ3n) is 5.41. The summed E-state index contributed by atoms with van der Waals surface area (Å²) in [4.78, 5) is 25.1. The zero-order valence-electron chi connectivity index (χ0n) is 17.0. The molecule has 164 valence electrons. The van der Waals surface area contributed by atoms with Crippen LogP contribution >= 0.6 is 0 Å². The number of hydrogen-bond acceptors (Lipinski definition) is 5. The molecule has 3 heterocycles. The van der Waals surface area contributed by atoms with E-state index in [0.717, 1.165) is 6.07 Å². The van der Waals surface area contributed by atoms with Gasteiger partial charge in [0.2, 0.25) is 6.43 Å². The van der Waals surface area contributed by atoms with Crippen LogP contribution in [0.1, 0.15) is 41.8 Å². The molecule has 3 unspecified atom stereocenters. The van der Waals surface area contributed by atoms with Crippen LogP contribution < -0.4 is 15.1 Å². The van der Waals surface area contributed by atoms with E-state index in [1.807, 2.05) is 6.92 Å². The average Bonchev–Trinajstić information content (AvgIpc) is 2.71. The molecule has 0 radical (unpaired) electrons. The Morgan fingerprint density at radius 3 is 2.68 bits per heavy atom. The fraction of sp³-hybridized carbons (Fsp3) is 0.391. The third-order valence-corrected chi connectivity index (χ3v) is 5.41. The van der Waals surface area contributed by atoms with Gasteiger partial charge in [0.05, 0.1) is 23.5 Å². The number of carbonyl (C=O) groups is 1. The Labute approximate surface area is 176 Å². The number of ether oxygens (including phenoxy) is 2. The maximum absolute atomic E-state index is 13.3. The highest BCUT2D eigenvalue weighted by atomic mass is 19.3. The first kappa shape index (κ1) is 21.2. The lowest BCUT2D eigenvalue weighted by molar-refractivity contribution is 0.0627. The minimum Gasteiger partial charge on any atom is -0.489 e. The zero-order valence-corrected chi connectivity index (χ0v) is 17.0. The predicted octanol–water partition coefficient (Wildman–Crippen LogP) is 4.89. The summed E-state index contributed by atoms with van der Waals surface area (Å²) in [6.07, 6.45) is 2.98. The minimum absolute atomic E-state index is 0.0741. The van der Waals surface area contributed by atoms with Crippen LogP contribution in [0.4, 0.5) is 13.2 Å². The molecular formula is C23H21F3O5. The summed E-state index contributed by atoms with van der Waals surface area (Å²) in [6.45, 7) is 2.31. The molecule has 2 aromatic rings. The minimum atomic E-state index is -2.91. The van der Waals surface area contributed by atoms with Crippen molar-refractivity contribution in [3.63, 3.8) is 0 Å². The van der Waals surface area contributed by atoms with Crippen LogP contribution in [0, 0.1) is 5.92 Å². The number of rotatable bonds is 5. The second-order valence-corrected chi connectivity index (χ2v) is 7.72. The van der Waals surface area contributed by atoms with Crippen molar-refractivity contribution < 1.29 is 31.9 Å². The first-order valence-corrected chi connectivity index (χ1v) is 10.0. The molecule has 4 rings (SSSR count). The third kappa shape index (κ3) is 3.75. The SMILES string of the molecule is C/C=C/C1C=Cc2c3c(c4oc(=O)cc(CC(CF)C(F)F)c4c2O1)C(=O)CC(C)O3. The average molecular weight is 434 g/mol. The molecule has 5 nitrogen and oxygen atoms in total. The van der Waals surface area contributed by atoms with Gasteiger partial charge >= 0.3 is 5.63 Å². The standard InChI is InChI=1S/C23H21F3O5/c1-3-4-14-5-6-15-20(30-14)18-12(8-13(10-24)23(25)26)9-17(28)31-22(18)19-16(27)7-11(2)29-21(15)19/h3-6,9,11,13-14,23H,7-8,10H2,1-2H3/b4-3+. The van der Waals surface area contributed by atoms with Gasteiger partial charge in [0, 0.05) is 12.5 Å². The molecule has 1 aromatic carbocycles. The quantitative estimate of drug-likeness (QED) is 0.495. The van der Waals surface area contributed by atoms with Crippen LogP contribution in [-0.2, 0) is 6.42 Å². The number of fused-ring (bicyclic) bond motifs is 6. The molecule has 0 bridgehead atoms. The van der Waals surface area contributed by atoms with Gasteiger partial charge in [-0.15, -0.1) is 0 Å². The fourth-order valence-electron chi connectivity index (χ4n) is 4.01. The highest BCUT2D eigenvalue weighted by Crippen LogP contribution is 2.47. The largest absolute Gasteiger partial charge is 0.489 e. The Morgan fingerprint density at radius 1 is 1.23 bits per heavy atom. The molecule has 2 aliphatic heterocycles. The molecule has 0 saturated carbocycles. The zero-order chi connectivity index (χ0) is 22.3. The van der Waals surface area contributed by atoms with Gasteiger partial charge in [-0.05, 0) is 44.1 Å². The predicted molar refractivity (Wildman–Crippen MR) is 109 cm³/mol. The normalized spacial score (nSPS) is 21.2. The van der Waals surface area contributed by atoms with E-state index in [1.165, 1.54) is 0 Å². The highest BCUT2D eigenvalue weighted by molar-refractivity contribution is 6.13. The highest BCUT2D eigenvalue weighted by Gasteiger charge is 2.35. The second kappa shape index (κ2) is 8.24. The van der Waals surface area contributed by atoms with E-state index in [-0.39, 0.29) is 45.8 Å². The Hall–Kier alpha value is -3.03. The maximum Gasteiger partial charge on any atom is 0.336 e. The first-order valence-electron chi connectivity index (χ1n) is 10.0. The molecule has 3 atom stereocenters. The topological polar surface area (TPSA) is 65.7 Å². The molecule has 0 spiro atoms. The molecule has 0 saturated heterocycles. The number of Topliss-reactive ketones (excluding diaryl/α,β-unsaturated/α-hetero) is 1. The molecule has 0 N–H and O–H groups in total. The fourth-order valence-corrected chi connectivity index (χ4v) is 4.01. The van der Waals surface area contributed by atoms with E-state index in [9.17, 15) is 22.8 Å². The molecule has 0 amide bonds. The smallest absolute Gasteiger partial charge is 0.336 e. The van der Waals surface area contributed by atoms with E-state index in [2.05, 4.69) is 0 Å². The molecule has 0 fully saturated rings. The summed E-state index contributed by atoms with van der Waals surface area (Å²) in [5.74, 6) is -1.40. The monoisotopic (exact) mass is 434 g/mol. The first-order chi connectivity index (χ1) is 14.8. The Bertz CT molecular complexity index is 1150. The van der Waals surface area contributed by atoms with Gasteiger partial charge in [0.1, 0.15) is 29.3 Å². The van der Waals surface area contributed by atoms with Crippen molar-refractivity contribution in [2.75, 3.05) is 6.67 Å². The van der Waals surface area contributed by atoms with Crippen LogP contribution in [0.15, 0.2) is 33.5 Å². The van der Waals surface area contributed by atoms with Crippen molar-refractivity contribution in [2.45, 2.75) is 45.3 Å². The van der Waals surface area contributed by atoms with Gasteiger partial charge in [0.15, 0.2) is 11.4 Å². The number of halogens is 3. The maximum atomic E-state index is 13.3. The van der Waals surface area contributed by atoms with E-state index in [1.54, 1.807) is 31.2 Å². The van der Waals surface area contributed by atoms with Gasteiger partial charge in [0.25, 0.3) is 0 Å². The molecule has 0 aliphatic carbocycles. The van der Waals surface area contributed by atoms with Gasteiger partial charge < -0.3 is 13.9 Å². The lowest BCUT2D eigenvalue weighted by Gasteiger charge is -2.29. The van der Waals surface area contributed by atoms with Crippen LogP contribution in [-0.4, -0.2) is 31.1 Å². The summed E-state index contributed by atoms with van der Waals surface area (Å²) in [5.41, 5.74) is -0.201. The summed E-state index contributed by atoms with van der Waals surface area (Å²) < 4.78 is 57.2. The Kier molecular flexibility index (Phi) is 5.64. The van der Waals surface area contributed by atoms with E-state index < -0.39 is 43.3 Å². The second-order valence-electron chi connectivity index (χ2n) is 7.72. The van der Waals surface area contributed by atoms with Crippen LogP contribution in [0.25, 0.3) is 17.0 Å². The van der Waals surface area contributed by atoms with Crippen molar-refractivity contribution in [1.29, 1.82) is 0 Å². The summed E-state index contributed by atoms with van der Waals surface area (Å²) >= 11 is 0. The number of ketones is 1. The van der Waals surface area contributed by atoms with Gasteiger partial charge in [-0.3, -0.25) is 9.18 Å². The summed E-state index contributed by atoms with van der Waals surface area (Å²) in [7, 11) is 0. The van der Waals surface area contributed by atoms with Crippen molar-refractivity contribution in [1.82, 2.24) is 0 Å². The molecule has 1 aromatic heterocycles. The number of alkyl halides is 3. The number of allylic oxidation sites excluding steroid dienone is 1. The summed E-state index contributed by atoms with van der Waals surface area (Å²) in [6, 6.07) is 1.06. The van der Waals surface area contributed by atoms with Crippen molar-refractivity contribution in [2.24, 2.45) is 5.92 Å². The lowest BCUT2D eigenvalue weighted by Crippen LogP contribution is -2.27. The Balaban J connectivity index is 2.05. The number of hydrogen-bond donors (Lipinski definition) is 0. The Morgan fingerprint density at radius 2 is 2.00 bits per heavy atom.